The average Bonchev–Trinajstić information content (AvgIpc) is 2.45. The smallest absolute Gasteiger partial charge is 0.195 e. The summed E-state index contributed by atoms with van der Waals surface area (Å²) in [4.78, 5) is 6.01. The average molecular weight is 267 g/mol. The molecule has 0 bridgehead atoms. The predicted octanol–water partition coefficient (Wildman–Crippen LogP) is 2.06. The van der Waals surface area contributed by atoms with Crippen LogP contribution in [0.15, 0.2) is 18.3 Å². The van der Waals surface area contributed by atoms with Gasteiger partial charge in [-0.3, -0.25) is 0 Å². The van der Waals surface area contributed by atoms with Crippen LogP contribution in [0, 0.1) is 17.5 Å². The van der Waals surface area contributed by atoms with Crippen molar-refractivity contribution in [2.45, 2.75) is 0 Å². The number of hydrogen-bond acceptors (Lipinski definition) is 3. The van der Waals surface area contributed by atoms with Crippen LogP contribution in [-0.2, 0) is 0 Å². The molecule has 0 amide bonds. The van der Waals surface area contributed by atoms with E-state index in [1.807, 2.05) is 4.90 Å². The lowest BCUT2D eigenvalue weighted by Crippen LogP contribution is -2.44. The van der Waals surface area contributed by atoms with Crippen LogP contribution in [0.1, 0.15) is 0 Å². The van der Waals surface area contributed by atoms with E-state index in [4.69, 9.17) is 0 Å². The van der Waals surface area contributed by atoms with Gasteiger partial charge >= 0.3 is 0 Å². The maximum Gasteiger partial charge on any atom is 0.195 e. The third kappa shape index (κ3) is 2.02. The number of halogens is 3. The zero-order chi connectivity index (χ0) is 13.4. The van der Waals surface area contributed by atoms with Crippen molar-refractivity contribution in [3.63, 3.8) is 0 Å². The summed E-state index contributed by atoms with van der Waals surface area (Å²) in [6.07, 6.45) is 1.48. The number of pyridine rings is 1. The summed E-state index contributed by atoms with van der Waals surface area (Å²) >= 11 is 0. The molecule has 1 aliphatic heterocycles. The van der Waals surface area contributed by atoms with E-state index in [-0.39, 0.29) is 5.39 Å². The van der Waals surface area contributed by atoms with E-state index < -0.39 is 17.5 Å². The van der Waals surface area contributed by atoms with Crippen LogP contribution in [-0.4, -0.2) is 31.2 Å². The van der Waals surface area contributed by atoms with Crippen molar-refractivity contribution in [1.29, 1.82) is 0 Å². The van der Waals surface area contributed by atoms with Crippen molar-refractivity contribution in [3.8, 4) is 0 Å². The van der Waals surface area contributed by atoms with E-state index in [1.54, 1.807) is 0 Å². The van der Waals surface area contributed by atoms with E-state index in [1.165, 1.54) is 12.3 Å². The number of benzene rings is 1. The first-order valence-electron chi connectivity index (χ1n) is 6.06. The van der Waals surface area contributed by atoms with Gasteiger partial charge in [0.25, 0.3) is 0 Å². The molecule has 2 heterocycles. The van der Waals surface area contributed by atoms with Crippen LogP contribution >= 0.6 is 0 Å². The van der Waals surface area contributed by atoms with Gasteiger partial charge in [-0.05, 0) is 17.5 Å². The molecule has 3 rings (SSSR count). The Hall–Kier alpha value is -1.82. The highest BCUT2D eigenvalue weighted by Crippen LogP contribution is 2.30. The minimum atomic E-state index is -1.45. The summed E-state index contributed by atoms with van der Waals surface area (Å²) in [7, 11) is 0. The maximum atomic E-state index is 14.0. The highest BCUT2D eigenvalue weighted by atomic mass is 19.2. The molecule has 0 atom stereocenters. The molecule has 19 heavy (non-hydrogen) atoms. The van der Waals surface area contributed by atoms with Gasteiger partial charge in [-0.15, -0.1) is 0 Å². The lowest BCUT2D eigenvalue weighted by Gasteiger charge is -2.29. The molecule has 1 aliphatic rings. The molecule has 6 heteroatoms. The third-order valence-corrected chi connectivity index (χ3v) is 3.28. The van der Waals surface area contributed by atoms with E-state index in [2.05, 4.69) is 10.3 Å². The topological polar surface area (TPSA) is 28.2 Å². The summed E-state index contributed by atoms with van der Waals surface area (Å²) in [5.74, 6) is -3.42. The van der Waals surface area contributed by atoms with E-state index >= 15 is 0 Å². The fraction of sp³-hybridized carbons (Fsp3) is 0.308. The Morgan fingerprint density at radius 1 is 1.11 bits per heavy atom. The molecule has 1 aromatic carbocycles. The minimum absolute atomic E-state index is 0.0447. The van der Waals surface area contributed by atoms with Crippen LogP contribution < -0.4 is 10.2 Å². The Morgan fingerprint density at radius 2 is 1.84 bits per heavy atom. The van der Waals surface area contributed by atoms with Gasteiger partial charge in [-0.1, -0.05) is 0 Å². The van der Waals surface area contributed by atoms with Crippen LogP contribution in [0.2, 0.25) is 0 Å². The highest BCUT2D eigenvalue weighted by Gasteiger charge is 2.21. The number of nitrogens with zero attached hydrogens (tertiary/aromatic N) is 2. The van der Waals surface area contributed by atoms with Crippen molar-refractivity contribution in [3.05, 3.63) is 35.8 Å². The molecular weight excluding hydrogens is 255 g/mol. The molecule has 100 valence electrons. The molecule has 0 aliphatic carbocycles. The Morgan fingerprint density at radius 3 is 2.58 bits per heavy atom. The summed E-state index contributed by atoms with van der Waals surface area (Å²) < 4.78 is 40.6. The van der Waals surface area contributed by atoms with E-state index in [0.29, 0.717) is 24.3 Å². The zero-order valence-electron chi connectivity index (χ0n) is 10.1. The highest BCUT2D eigenvalue weighted by molar-refractivity contribution is 5.92. The largest absolute Gasteiger partial charge is 0.353 e. The maximum absolute atomic E-state index is 14.0. The van der Waals surface area contributed by atoms with Crippen LogP contribution in [0.5, 0.6) is 0 Å². The number of anilines is 1. The second-order valence-electron chi connectivity index (χ2n) is 4.46. The summed E-state index contributed by atoms with van der Waals surface area (Å²) in [6, 6.07) is 2.48. The molecule has 0 radical (unpaired) electrons. The molecule has 0 unspecified atom stereocenters. The lowest BCUT2D eigenvalue weighted by atomic mass is 10.1. The molecule has 1 aromatic heterocycles. The van der Waals surface area contributed by atoms with Gasteiger partial charge in [0.1, 0.15) is 5.82 Å². The van der Waals surface area contributed by atoms with Crippen molar-refractivity contribution < 1.29 is 13.2 Å². The Balaban J connectivity index is 2.21. The lowest BCUT2D eigenvalue weighted by molar-refractivity contribution is 0.453. The van der Waals surface area contributed by atoms with E-state index in [9.17, 15) is 13.2 Å². The molecule has 1 saturated heterocycles. The van der Waals surface area contributed by atoms with Gasteiger partial charge in [0.2, 0.25) is 0 Å². The first-order chi connectivity index (χ1) is 9.18. The fourth-order valence-corrected chi connectivity index (χ4v) is 2.34. The van der Waals surface area contributed by atoms with Gasteiger partial charge < -0.3 is 10.2 Å². The minimum Gasteiger partial charge on any atom is -0.353 e. The Labute approximate surface area is 108 Å². The third-order valence-electron chi connectivity index (χ3n) is 3.28. The van der Waals surface area contributed by atoms with Crippen LogP contribution in [0.3, 0.4) is 0 Å². The number of fused-ring (bicyclic) bond motifs is 1. The first-order valence-corrected chi connectivity index (χ1v) is 6.06. The molecule has 3 nitrogen and oxygen atoms in total. The molecule has 0 saturated carbocycles. The quantitative estimate of drug-likeness (QED) is 0.802. The standard InChI is InChI=1S/C13H12F3N3/c14-9-7-8-1-2-18-13(10(8)12(16)11(9)15)19-5-3-17-4-6-19/h1-2,7,17H,3-6H2. The monoisotopic (exact) mass is 267 g/mol. The predicted molar refractivity (Wildman–Crippen MR) is 66.7 cm³/mol. The summed E-state index contributed by atoms with van der Waals surface area (Å²) in [6.45, 7) is 2.82. The van der Waals surface area contributed by atoms with Gasteiger partial charge in [0.15, 0.2) is 17.5 Å². The number of aromatic nitrogens is 1. The number of rotatable bonds is 1. The summed E-state index contributed by atoms with van der Waals surface area (Å²) in [5, 5.41) is 3.53. The van der Waals surface area contributed by atoms with E-state index in [0.717, 1.165) is 19.2 Å². The summed E-state index contributed by atoms with van der Waals surface area (Å²) in [5.41, 5.74) is 0. The molecule has 1 N–H and O–H groups in total. The number of piperazine rings is 1. The normalized spacial score (nSPS) is 16.1. The molecule has 2 aromatic rings. The molecular formula is C13H12F3N3. The van der Waals surface area contributed by atoms with Gasteiger partial charge in [0, 0.05) is 32.4 Å². The number of nitrogens with one attached hydrogen (secondary N) is 1. The van der Waals surface area contributed by atoms with Crippen molar-refractivity contribution in [2.75, 3.05) is 31.1 Å². The van der Waals surface area contributed by atoms with Crippen LogP contribution in [0.25, 0.3) is 10.8 Å². The van der Waals surface area contributed by atoms with Gasteiger partial charge in [0.05, 0.1) is 5.39 Å². The second-order valence-corrected chi connectivity index (χ2v) is 4.46. The SMILES string of the molecule is Fc1cc2ccnc(N3CCNCC3)c2c(F)c1F. The molecule has 0 spiro atoms. The Kier molecular flexibility index (Phi) is 3.02. The van der Waals surface area contributed by atoms with Gasteiger partial charge in [-0.2, -0.15) is 0 Å². The van der Waals surface area contributed by atoms with Crippen molar-refractivity contribution >= 4 is 16.6 Å². The van der Waals surface area contributed by atoms with Gasteiger partial charge in [-0.25, -0.2) is 18.2 Å². The van der Waals surface area contributed by atoms with Crippen molar-refractivity contribution in [1.82, 2.24) is 10.3 Å². The first kappa shape index (κ1) is 12.2. The molecule has 1 fully saturated rings. The second kappa shape index (κ2) is 4.70. The van der Waals surface area contributed by atoms with Crippen LogP contribution in [0.4, 0.5) is 19.0 Å². The zero-order valence-corrected chi connectivity index (χ0v) is 10.1. The number of hydrogen-bond donors (Lipinski definition) is 1. The van der Waals surface area contributed by atoms with Crippen molar-refractivity contribution in [2.24, 2.45) is 0 Å². The fourth-order valence-electron chi connectivity index (χ4n) is 2.34. The Bertz CT molecular complexity index is 624.